The molecule has 1 unspecified atom stereocenters. The van der Waals surface area contributed by atoms with E-state index in [9.17, 15) is 0 Å². The van der Waals surface area contributed by atoms with E-state index >= 15 is 0 Å². The summed E-state index contributed by atoms with van der Waals surface area (Å²) in [5.41, 5.74) is 7.42. The fourth-order valence-electron chi connectivity index (χ4n) is 2.24. The summed E-state index contributed by atoms with van der Waals surface area (Å²) >= 11 is 1.75. The highest BCUT2D eigenvalue weighted by molar-refractivity contribution is 7.09. The highest BCUT2D eigenvalue weighted by Gasteiger charge is 2.19. The molecule has 0 fully saturated rings. The molecule has 1 atom stereocenters. The molecule has 2 aromatic rings. The molecule has 2 heterocycles. The Balaban J connectivity index is 2.30. The third kappa shape index (κ3) is 3.33. The zero-order valence-corrected chi connectivity index (χ0v) is 13.3. The summed E-state index contributed by atoms with van der Waals surface area (Å²) in [6, 6.07) is 6.29. The van der Waals surface area contributed by atoms with Crippen molar-refractivity contribution < 1.29 is 5.21 Å². The van der Waals surface area contributed by atoms with Gasteiger partial charge in [-0.05, 0) is 36.9 Å². The zero-order chi connectivity index (χ0) is 15.4. The van der Waals surface area contributed by atoms with Gasteiger partial charge in [0.1, 0.15) is 5.82 Å². The summed E-state index contributed by atoms with van der Waals surface area (Å²) in [5, 5.41) is 14.2. The lowest BCUT2D eigenvalue weighted by molar-refractivity contribution is 0.318. The Hall–Kier alpha value is -2.08. The van der Waals surface area contributed by atoms with Gasteiger partial charge in [0.15, 0.2) is 5.84 Å². The molecule has 0 amide bonds. The molecular formula is C15H20N4OS. The largest absolute Gasteiger partial charge is 0.409 e. The first-order valence-corrected chi connectivity index (χ1v) is 7.61. The molecule has 0 radical (unpaired) electrons. The van der Waals surface area contributed by atoms with E-state index in [1.54, 1.807) is 17.5 Å². The number of oxime groups is 1. The number of hydrogen-bond acceptors (Lipinski definition) is 5. The van der Waals surface area contributed by atoms with Crippen LogP contribution >= 0.6 is 11.3 Å². The number of anilines is 1. The van der Waals surface area contributed by atoms with Gasteiger partial charge in [-0.25, -0.2) is 4.98 Å². The molecule has 2 aromatic heterocycles. The van der Waals surface area contributed by atoms with Crippen LogP contribution in [0.5, 0.6) is 0 Å². The predicted octanol–water partition coefficient (Wildman–Crippen LogP) is 2.61. The molecule has 5 nitrogen and oxygen atoms in total. The van der Waals surface area contributed by atoms with E-state index in [4.69, 9.17) is 10.9 Å². The lowest BCUT2D eigenvalue weighted by Gasteiger charge is -2.28. The number of rotatable bonds is 5. The number of aromatic nitrogens is 1. The van der Waals surface area contributed by atoms with Gasteiger partial charge in [-0.2, -0.15) is 0 Å². The molecule has 0 aliphatic rings. The van der Waals surface area contributed by atoms with Crippen molar-refractivity contribution in [3.63, 3.8) is 0 Å². The SMILES string of the molecule is Cc1ccnc(N(C)C(C)Cc2cccs2)c1/C(N)=N/O. The minimum atomic E-state index is 0.0887. The number of nitrogens with two attached hydrogens (primary N) is 1. The maximum absolute atomic E-state index is 8.98. The van der Waals surface area contributed by atoms with E-state index in [2.05, 4.69) is 39.5 Å². The lowest BCUT2D eigenvalue weighted by Crippen LogP contribution is -2.33. The van der Waals surface area contributed by atoms with Crippen LogP contribution in [0.4, 0.5) is 5.82 Å². The van der Waals surface area contributed by atoms with Gasteiger partial charge >= 0.3 is 0 Å². The molecule has 112 valence electrons. The first kappa shape index (κ1) is 15.3. The van der Waals surface area contributed by atoms with Gasteiger partial charge in [-0.3, -0.25) is 0 Å². The second-order valence-corrected chi connectivity index (χ2v) is 6.09. The fraction of sp³-hybridized carbons (Fsp3) is 0.333. The average molecular weight is 304 g/mol. The Kier molecular flexibility index (Phi) is 4.80. The van der Waals surface area contributed by atoms with Crippen molar-refractivity contribution in [3.8, 4) is 0 Å². The summed E-state index contributed by atoms with van der Waals surface area (Å²) in [5.74, 6) is 0.820. The van der Waals surface area contributed by atoms with Crippen molar-refractivity contribution >= 4 is 23.0 Å². The van der Waals surface area contributed by atoms with Gasteiger partial charge in [0.2, 0.25) is 0 Å². The maximum Gasteiger partial charge on any atom is 0.174 e. The Morgan fingerprint density at radius 2 is 2.29 bits per heavy atom. The number of aryl methyl sites for hydroxylation is 1. The van der Waals surface area contributed by atoms with E-state index in [-0.39, 0.29) is 11.9 Å². The molecule has 0 bridgehead atoms. The second kappa shape index (κ2) is 6.58. The van der Waals surface area contributed by atoms with Crippen molar-refractivity contribution in [2.24, 2.45) is 10.9 Å². The number of likely N-dealkylation sites (N-methyl/N-ethyl adjacent to an activating group) is 1. The zero-order valence-electron chi connectivity index (χ0n) is 12.4. The van der Waals surface area contributed by atoms with Crippen LogP contribution in [0.2, 0.25) is 0 Å². The van der Waals surface area contributed by atoms with Crippen molar-refractivity contribution in [1.29, 1.82) is 0 Å². The van der Waals surface area contributed by atoms with E-state index in [1.807, 2.05) is 20.0 Å². The molecule has 0 saturated carbocycles. The normalized spacial score (nSPS) is 13.2. The van der Waals surface area contributed by atoms with Crippen LogP contribution in [0.15, 0.2) is 34.9 Å². The highest BCUT2D eigenvalue weighted by Crippen LogP contribution is 2.23. The van der Waals surface area contributed by atoms with E-state index in [1.165, 1.54) is 4.88 Å². The van der Waals surface area contributed by atoms with Crippen LogP contribution in [-0.4, -0.2) is 29.1 Å². The number of amidine groups is 1. The number of pyridine rings is 1. The van der Waals surface area contributed by atoms with Crippen molar-refractivity contribution in [2.75, 3.05) is 11.9 Å². The summed E-state index contributed by atoms with van der Waals surface area (Å²) in [7, 11) is 1.98. The molecule has 0 aromatic carbocycles. The standard InChI is InChI=1S/C15H20N4OS/c1-10-6-7-17-15(13(10)14(16)18-20)19(3)11(2)9-12-5-4-8-21-12/h4-8,11,20H,9H2,1-3H3,(H2,16,18). The smallest absolute Gasteiger partial charge is 0.174 e. The van der Waals surface area contributed by atoms with Crippen LogP contribution < -0.4 is 10.6 Å². The summed E-state index contributed by atoms with van der Waals surface area (Å²) in [6.45, 7) is 4.07. The number of thiophene rings is 1. The molecule has 2 rings (SSSR count). The number of hydrogen-bond donors (Lipinski definition) is 2. The van der Waals surface area contributed by atoms with Gasteiger partial charge in [0, 0.05) is 30.6 Å². The Morgan fingerprint density at radius 3 is 2.90 bits per heavy atom. The van der Waals surface area contributed by atoms with Gasteiger partial charge < -0.3 is 15.8 Å². The lowest BCUT2D eigenvalue weighted by atomic mass is 10.1. The van der Waals surface area contributed by atoms with Crippen LogP contribution in [0.3, 0.4) is 0 Å². The summed E-state index contributed by atoms with van der Waals surface area (Å²) in [6.07, 6.45) is 2.67. The minimum Gasteiger partial charge on any atom is -0.409 e. The third-order valence-electron chi connectivity index (χ3n) is 3.58. The highest BCUT2D eigenvalue weighted by atomic mass is 32.1. The predicted molar refractivity (Wildman–Crippen MR) is 87.4 cm³/mol. The first-order valence-electron chi connectivity index (χ1n) is 6.73. The van der Waals surface area contributed by atoms with Crippen molar-refractivity contribution in [3.05, 3.63) is 45.8 Å². The fourth-order valence-corrected chi connectivity index (χ4v) is 3.07. The molecule has 0 aliphatic heterocycles. The van der Waals surface area contributed by atoms with Crippen LogP contribution in [0, 0.1) is 6.92 Å². The van der Waals surface area contributed by atoms with Crippen molar-refractivity contribution in [2.45, 2.75) is 26.3 Å². The quantitative estimate of drug-likeness (QED) is 0.385. The topological polar surface area (TPSA) is 74.7 Å². The van der Waals surface area contributed by atoms with Gasteiger partial charge in [0.25, 0.3) is 0 Å². The van der Waals surface area contributed by atoms with E-state index in [0.717, 1.165) is 17.8 Å². The molecule has 3 N–H and O–H groups in total. The summed E-state index contributed by atoms with van der Waals surface area (Å²) < 4.78 is 0. The second-order valence-electron chi connectivity index (χ2n) is 5.06. The third-order valence-corrected chi connectivity index (χ3v) is 4.47. The molecule has 21 heavy (non-hydrogen) atoms. The molecule has 0 spiro atoms. The van der Waals surface area contributed by atoms with Crippen LogP contribution in [0.1, 0.15) is 22.9 Å². The Labute approximate surface area is 128 Å². The van der Waals surface area contributed by atoms with Gasteiger partial charge in [-0.15, -0.1) is 11.3 Å². The summed E-state index contributed by atoms with van der Waals surface area (Å²) in [4.78, 5) is 7.81. The van der Waals surface area contributed by atoms with Gasteiger partial charge in [-0.1, -0.05) is 11.2 Å². The minimum absolute atomic E-state index is 0.0887. The van der Waals surface area contributed by atoms with E-state index < -0.39 is 0 Å². The van der Waals surface area contributed by atoms with Crippen LogP contribution in [0.25, 0.3) is 0 Å². The number of nitrogens with zero attached hydrogens (tertiary/aromatic N) is 3. The first-order chi connectivity index (χ1) is 10.0. The maximum atomic E-state index is 8.98. The molecular weight excluding hydrogens is 284 g/mol. The van der Waals surface area contributed by atoms with Crippen LogP contribution in [-0.2, 0) is 6.42 Å². The van der Waals surface area contributed by atoms with E-state index in [0.29, 0.717) is 5.56 Å². The monoisotopic (exact) mass is 304 g/mol. The Bertz CT molecular complexity index is 625. The molecule has 6 heteroatoms. The van der Waals surface area contributed by atoms with Gasteiger partial charge in [0.05, 0.1) is 5.56 Å². The average Bonchev–Trinajstić information content (AvgIpc) is 2.98. The Morgan fingerprint density at radius 1 is 1.52 bits per heavy atom. The molecule has 0 saturated heterocycles. The van der Waals surface area contributed by atoms with Crippen molar-refractivity contribution in [1.82, 2.24) is 4.98 Å². The molecule has 0 aliphatic carbocycles.